The molecule has 0 aliphatic heterocycles. The summed E-state index contributed by atoms with van der Waals surface area (Å²) in [5, 5.41) is 18.5. The zero-order chi connectivity index (χ0) is 26.8. The number of aliphatic carboxylic acids is 1. The Balaban J connectivity index is 1.51. The number of benzene rings is 3. The highest BCUT2D eigenvalue weighted by Crippen LogP contribution is 2.34. The second-order valence-electron chi connectivity index (χ2n) is 8.99. The molecule has 2 heterocycles. The van der Waals surface area contributed by atoms with Gasteiger partial charge in [0.2, 0.25) is 0 Å². The predicted octanol–water partition coefficient (Wildman–Crippen LogP) is 6.82. The number of nitrogens with one attached hydrogen (secondary N) is 2. The molecular weight excluding hydrogens is 523 g/mol. The van der Waals surface area contributed by atoms with Crippen molar-refractivity contribution >= 4 is 46.0 Å². The van der Waals surface area contributed by atoms with Crippen molar-refractivity contribution in [3.8, 4) is 22.6 Å². The summed E-state index contributed by atoms with van der Waals surface area (Å²) in [7, 11) is 0. The summed E-state index contributed by atoms with van der Waals surface area (Å²) < 4.78 is 1.94. The molecule has 0 spiro atoms. The number of nitrogens with zero attached hydrogens (tertiary/aromatic N) is 2. The second kappa shape index (κ2) is 10.7. The summed E-state index contributed by atoms with van der Waals surface area (Å²) in [4.78, 5) is 26.6. The Morgan fingerprint density at radius 3 is 2.39 bits per heavy atom. The largest absolute Gasteiger partial charge is 0.481 e. The minimum Gasteiger partial charge on any atom is -0.481 e. The van der Waals surface area contributed by atoms with Crippen molar-refractivity contribution in [2.45, 2.75) is 19.4 Å². The smallest absolute Gasteiger partial charge is 0.305 e. The van der Waals surface area contributed by atoms with E-state index in [-0.39, 0.29) is 24.9 Å². The molecule has 0 bridgehead atoms. The van der Waals surface area contributed by atoms with E-state index in [1.807, 2.05) is 60.1 Å². The molecule has 192 valence electrons. The van der Waals surface area contributed by atoms with Gasteiger partial charge in [-0.25, -0.2) is 0 Å². The number of carboxylic acid groups (broad SMARTS) is 1. The zero-order valence-electron chi connectivity index (χ0n) is 20.4. The summed E-state index contributed by atoms with van der Waals surface area (Å²) in [6.07, 6.45) is -0.128. The first kappa shape index (κ1) is 25.6. The van der Waals surface area contributed by atoms with Gasteiger partial charge in [0.25, 0.3) is 5.91 Å². The number of fused-ring (bicyclic) bond motifs is 1. The molecule has 1 unspecified atom stereocenters. The van der Waals surface area contributed by atoms with Crippen molar-refractivity contribution in [2.75, 3.05) is 6.54 Å². The van der Waals surface area contributed by atoms with Gasteiger partial charge in [0, 0.05) is 38.6 Å². The number of rotatable bonds is 8. The lowest BCUT2D eigenvalue weighted by Gasteiger charge is -2.16. The van der Waals surface area contributed by atoms with E-state index in [0.29, 0.717) is 15.6 Å². The zero-order valence-corrected chi connectivity index (χ0v) is 21.9. The average molecular weight is 547 g/mol. The van der Waals surface area contributed by atoms with E-state index in [4.69, 9.17) is 33.4 Å². The van der Waals surface area contributed by atoms with Gasteiger partial charge in [-0.1, -0.05) is 53.5 Å². The molecule has 0 saturated heterocycles. The maximum Gasteiger partial charge on any atom is 0.305 e. The molecule has 1 amide bonds. The van der Waals surface area contributed by atoms with Crippen molar-refractivity contribution < 1.29 is 14.7 Å². The minimum atomic E-state index is -0.959. The average Bonchev–Trinajstić information content (AvgIpc) is 3.52. The van der Waals surface area contributed by atoms with E-state index in [1.165, 1.54) is 0 Å². The van der Waals surface area contributed by atoms with Gasteiger partial charge in [-0.3, -0.25) is 14.3 Å². The third kappa shape index (κ3) is 5.44. The Morgan fingerprint density at radius 2 is 1.71 bits per heavy atom. The van der Waals surface area contributed by atoms with Crippen LogP contribution < -0.4 is 5.32 Å². The number of hydrogen-bond donors (Lipinski definition) is 3. The molecule has 0 radical (unpaired) electrons. The molecule has 0 saturated carbocycles. The number of para-hydroxylation sites is 1. The second-order valence-corrected chi connectivity index (χ2v) is 9.86. The monoisotopic (exact) mass is 546 g/mol. The van der Waals surface area contributed by atoms with Gasteiger partial charge in [0.1, 0.15) is 0 Å². The van der Waals surface area contributed by atoms with Crippen molar-refractivity contribution in [3.63, 3.8) is 0 Å². The van der Waals surface area contributed by atoms with Crippen LogP contribution >= 0.6 is 23.2 Å². The van der Waals surface area contributed by atoms with E-state index in [9.17, 15) is 9.59 Å². The number of aromatic amines is 1. The number of carbonyl (C=O) groups excluding carboxylic acids is 1. The summed E-state index contributed by atoms with van der Waals surface area (Å²) in [5.74, 6) is -1.28. The SMILES string of the molecule is CC(c1ccc(C(=O)NCCC(=O)O)cc1)n1nc(-c2cc(Cl)cc(Cl)c2)cc1-c1cc2ccccc2[nH]1. The van der Waals surface area contributed by atoms with E-state index in [0.717, 1.165) is 39.1 Å². The van der Waals surface area contributed by atoms with E-state index < -0.39 is 5.97 Å². The molecule has 7 nitrogen and oxygen atoms in total. The van der Waals surface area contributed by atoms with E-state index >= 15 is 0 Å². The van der Waals surface area contributed by atoms with Crippen LogP contribution in [0, 0.1) is 0 Å². The summed E-state index contributed by atoms with van der Waals surface area (Å²) in [5.41, 5.74) is 5.76. The molecule has 38 heavy (non-hydrogen) atoms. The van der Waals surface area contributed by atoms with Crippen LogP contribution in [0.15, 0.2) is 78.9 Å². The van der Waals surface area contributed by atoms with Gasteiger partial charge in [-0.15, -0.1) is 0 Å². The Bertz CT molecular complexity index is 1590. The fourth-order valence-electron chi connectivity index (χ4n) is 4.38. The van der Waals surface area contributed by atoms with E-state index in [1.54, 1.807) is 18.2 Å². The Morgan fingerprint density at radius 1 is 1.00 bits per heavy atom. The van der Waals surface area contributed by atoms with E-state index in [2.05, 4.69) is 22.4 Å². The molecule has 5 aromatic rings. The standard InChI is InChI=1S/C29H24Cl2N4O3/c1-17(18-6-8-19(9-7-18)29(38)32-11-10-28(36)37)35-27(26-14-20-4-2-3-5-24(20)33-26)16-25(34-35)21-12-22(30)15-23(31)13-21/h2-9,12-17,33H,10-11H2,1H3,(H,32,38)(H,36,37). The third-order valence-corrected chi connectivity index (χ3v) is 6.78. The predicted molar refractivity (Wildman–Crippen MR) is 150 cm³/mol. The third-order valence-electron chi connectivity index (χ3n) is 6.35. The number of aromatic nitrogens is 3. The van der Waals surface area contributed by atoms with Crippen molar-refractivity contribution in [3.05, 3.63) is 100 Å². The van der Waals surface area contributed by atoms with Gasteiger partial charge < -0.3 is 15.4 Å². The Labute approximate surface area is 229 Å². The number of carboxylic acids is 1. The number of H-pyrrole nitrogens is 1. The minimum absolute atomic E-state index is 0.0732. The Kier molecular flexibility index (Phi) is 7.22. The highest BCUT2D eigenvalue weighted by atomic mass is 35.5. The number of carbonyl (C=O) groups is 2. The molecule has 3 aromatic carbocycles. The molecule has 2 aromatic heterocycles. The van der Waals surface area contributed by atoms with Crippen LogP contribution in [0.3, 0.4) is 0 Å². The van der Waals surface area contributed by atoms with Gasteiger partial charge in [-0.05, 0) is 61.0 Å². The molecule has 0 aliphatic rings. The van der Waals surface area contributed by atoms with Crippen molar-refractivity contribution in [1.29, 1.82) is 0 Å². The molecule has 0 fully saturated rings. The lowest BCUT2D eigenvalue weighted by molar-refractivity contribution is -0.136. The lowest BCUT2D eigenvalue weighted by Crippen LogP contribution is -2.26. The van der Waals surface area contributed by atoms with Crippen LogP contribution in [-0.2, 0) is 4.79 Å². The normalized spacial score (nSPS) is 12.0. The van der Waals surface area contributed by atoms with Crippen LogP contribution in [0.2, 0.25) is 10.0 Å². The lowest BCUT2D eigenvalue weighted by atomic mass is 10.1. The molecule has 0 aliphatic carbocycles. The molecular formula is C29H24Cl2N4O3. The maximum atomic E-state index is 12.4. The first-order chi connectivity index (χ1) is 18.3. The van der Waals surface area contributed by atoms with Gasteiger partial charge in [0.05, 0.1) is 29.5 Å². The highest BCUT2D eigenvalue weighted by molar-refractivity contribution is 6.35. The van der Waals surface area contributed by atoms with Crippen LogP contribution in [-0.4, -0.2) is 38.3 Å². The fraction of sp³-hybridized carbons (Fsp3) is 0.138. The quantitative estimate of drug-likeness (QED) is 0.199. The topological polar surface area (TPSA) is 100 Å². The Hall–Kier alpha value is -4.07. The summed E-state index contributed by atoms with van der Waals surface area (Å²) in [6, 6.07) is 24.5. The summed E-state index contributed by atoms with van der Waals surface area (Å²) >= 11 is 12.6. The fourth-order valence-corrected chi connectivity index (χ4v) is 4.91. The van der Waals surface area contributed by atoms with Crippen molar-refractivity contribution in [2.24, 2.45) is 0 Å². The first-order valence-electron chi connectivity index (χ1n) is 12.0. The maximum absolute atomic E-state index is 12.4. The van der Waals surface area contributed by atoms with Gasteiger partial charge in [0.15, 0.2) is 0 Å². The van der Waals surface area contributed by atoms with Crippen LogP contribution in [0.1, 0.15) is 35.3 Å². The van der Waals surface area contributed by atoms with Crippen LogP contribution in [0.5, 0.6) is 0 Å². The first-order valence-corrected chi connectivity index (χ1v) is 12.8. The highest BCUT2D eigenvalue weighted by Gasteiger charge is 2.20. The summed E-state index contributed by atoms with van der Waals surface area (Å²) in [6.45, 7) is 2.11. The number of halogens is 2. The van der Waals surface area contributed by atoms with Crippen LogP contribution in [0.25, 0.3) is 33.5 Å². The molecule has 5 rings (SSSR count). The van der Waals surface area contributed by atoms with Crippen molar-refractivity contribution in [1.82, 2.24) is 20.1 Å². The molecule has 3 N–H and O–H groups in total. The van der Waals surface area contributed by atoms with Gasteiger partial charge in [-0.2, -0.15) is 5.10 Å². The number of hydrogen-bond acceptors (Lipinski definition) is 3. The number of amides is 1. The molecule has 1 atom stereocenters. The van der Waals surface area contributed by atoms with Crippen LogP contribution in [0.4, 0.5) is 0 Å². The molecule has 9 heteroatoms. The van der Waals surface area contributed by atoms with Gasteiger partial charge >= 0.3 is 5.97 Å².